The van der Waals surface area contributed by atoms with Gasteiger partial charge in [-0.2, -0.15) is 0 Å². The quantitative estimate of drug-likeness (QED) is 0.641. The smallest absolute Gasteiger partial charge is 0.222 e. The summed E-state index contributed by atoms with van der Waals surface area (Å²) in [5.41, 5.74) is 2.90. The molecule has 1 amide bonds. The molecule has 1 heterocycles. The Morgan fingerprint density at radius 2 is 2.17 bits per heavy atom. The molecule has 0 bridgehead atoms. The second-order valence-corrected chi connectivity index (χ2v) is 6.64. The first kappa shape index (κ1) is 16.8. The number of fused-ring (bicyclic) bond motifs is 1. The van der Waals surface area contributed by atoms with E-state index in [-0.39, 0.29) is 5.91 Å². The van der Waals surface area contributed by atoms with Gasteiger partial charge in [-0.05, 0) is 30.9 Å². The summed E-state index contributed by atoms with van der Waals surface area (Å²) in [4.78, 5) is 18.5. The summed E-state index contributed by atoms with van der Waals surface area (Å²) >= 11 is 0. The summed E-state index contributed by atoms with van der Waals surface area (Å²) < 4.78 is 0. The molecule has 1 aromatic rings. The molecule has 0 radical (unpaired) electrons. The molecule has 1 saturated heterocycles. The average Bonchev–Trinajstić information content (AvgIpc) is 3.03. The summed E-state index contributed by atoms with van der Waals surface area (Å²) in [5, 5.41) is 6.83. The number of benzene rings is 1. The maximum atomic E-state index is 11.8. The van der Waals surface area contributed by atoms with E-state index in [0.29, 0.717) is 18.4 Å². The van der Waals surface area contributed by atoms with Crippen molar-refractivity contribution >= 4 is 11.9 Å². The molecule has 5 heteroatoms. The van der Waals surface area contributed by atoms with Gasteiger partial charge in [0.1, 0.15) is 0 Å². The summed E-state index contributed by atoms with van der Waals surface area (Å²) in [6.07, 6.45) is 2.70. The van der Waals surface area contributed by atoms with E-state index in [0.717, 1.165) is 45.0 Å². The summed E-state index contributed by atoms with van der Waals surface area (Å²) in [7, 11) is 0. The molecule has 1 fully saturated rings. The lowest BCUT2D eigenvalue weighted by atomic mass is 9.78. The van der Waals surface area contributed by atoms with Crippen LogP contribution in [0.5, 0.6) is 0 Å². The predicted octanol–water partition coefficient (Wildman–Crippen LogP) is 1.89. The number of guanidine groups is 1. The van der Waals surface area contributed by atoms with Crippen LogP contribution in [-0.4, -0.2) is 49.0 Å². The van der Waals surface area contributed by atoms with Crippen molar-refractivity contribution in [2.24, 2.45) is 4.99 Å². The second-order valence-electron chi connectivity index (χ2n) is 6.64. The Morgan fingerprint density at radius 1 is 1.33 bits per heavy atom. The maximum Gasteiger partial charge on any atom is 0.222 e. The third kappa shape index (κ3) is 3.71. The fourth-order valence-electron chi connectivity index (χ4n) is 3.57. The van der Waals surface area contributed by atoms with Crippen molar-refractivity contribution in [3.8, 4) is 0 Å². The third-order valence-corrected chi connectivity index (χ3v) is 4.96. The van der Waals surface area contributed by atoms with Crippen molar-refractivity contribution in [3.05, 3.63) is 35.4 Å². The molecular formula is C19H28N4O. The van der Waals surface area contributed by atoms with Crippen LogP contribution in [0, 0.1) is 0 Å². The topological polar surface area (TPSA) is 56.7 Å². The number of nitrogens with zero attached hydrogens (tertiary/aromatic N) is 2. The van der Waals surface area contributed by atoms with Crippen LogP contribution in [0.4, 0.5) is 0 Å². The van der Waals surface area contributed by atoms with E-state index in [4.69, 9.17) is 4.99 Å². The first-order valence-electron chi connectivity index (χ1n) is 9.11. The Kier molecular flexibility index (Phi) is 5.38. The molecule has 0 aromatic heterocycles. The molecule has 2 unspecified atom stereocenters. The van der Waals surface area contributed by atoms with Crippen molar-refractivity contribution in [2.45, 2.75) is 45.1 Å². The van der Waals surface area contributed by atoms with Gasteiger partial charge in [-0.15, -0.1) is 0 Å². The highest BCUT2D eigenvalue weighted by Crippen LogP contribution is 2.34. The number of rotatable bonds is 5. The first-order valence-corrected chi connectivity index (χ1v) is 9.11. The van der Waals surface area contributed by atoms with Crippen molar-refractivity contribution in [3.63, 3.8) is 0 Å². The lowest BCUT2D eigenvalue weighted by Crippen LogP contribution is -2.45. The van der Waals surface area contributed by atoms with E-state index in [1.54, 1.807) is 0 Å². The van der Waals surface area contributed by atoms with Gasteiger partial charge in [0.2, 0.25) is 5.91 Å². The largest absolute Gasteiger partial charge is 0.357 e. The molecule has 2 aliphatic rings. The minimum absolute atomic E-state index is 0.243. The van der Waals surface area contributed by atoms with Gasteiger partial charge < -0.3 is 15.5 Å². The Bertz CT molecular complexity index is 613. The molecule has 0 saturated carbocycles. The monoisotopic (exact) mass is 328 g/mol. The van der Waals surface area contributed by atoms with Crippen LogP contribution in [0.3, 0.4) is 0 Å². The average molecular weight is 328 g/mol. The van der Waals surface area contributed by atoms with Gasteiger partial charge in [0.15, 0.2) is 5.96 Å². The molecule has 5 nitrogen and oxygen atoms in total. The molecule has 24 heavy (non-hydrogen) atoms. The van der Waals surface area contributed by atoms with E-state index < -0.39 is 0 Å². The minimum atomic E-state index is 0.243. The molecule has 2 N–H and O–H groups in total. The van der Waals surface area contributed by atoms with Crippen LogP contribution in [0.2, 0.25) is 0 Å². The van der Waals surface area contributed by atoms with Gasteiger partial charge >= 0.3 is 0 Å². The second kappa shape index (κ2) is 7.69. The van der Waals surface area contributed by atoms with Gasteiger partial charge in [-0.25, -0.2) is 0 Å². The Labute approximate surface area is 144 Å². The predicted molar refractivity (Wildman–Crippen MR) is 97.3 cm³/mol. The number of hydrogen-bond acceptors (Lipinski definition) is 2. The fraction of sp³-hybridized carbons (Fsp3) is 0.579. The van der Waals surface area contributed by atoms with Gasteiger partial charge in [0, 0.05) is 44.6 Å². The van der Waals surface area contributed by atoms with Crippen LogP contribution >= 0.6 is 0 Å². The van der Waals surface area contributed by atoms with E-state index in [1.807, 2.05) is 11.8 Å². The Morgan fingerprint density at radius 3 is 2.92 bits per heavy atom. The zero-order chi connectivity index (χ0) is 16.9. The van der Waals surface area contributed by atoms with Crippen molar-refractivity contribution in [1.82, 2.24) is 15.5 Å². The molecule has 130 valence electrons. The van der Waals surface area contributed by atoms with Crippen molar-refractivity contribution in [1.29, 1.82) is 0 Å². The maximum absolute atomic E-state index is 11.8. The van der Waals surface area contributed by atoms with Crippen LogP contribution in [0.25, 0.3) is 0 Å². The number of likely N-dealkylation sites (tertiary alicyclic amines) is 1. The zero-order valence-electron chi connectivity index (χ0n) is 14.7. The number of hydrogen-bond donors (Lipinski definition) is 2. The number of carbonyl (C=O) groups excluding carboxylic acids is 1. The molecule has 1 aliphatic heterocycles. The summed E-state index contributed by atoms with van der Waals surface area (Å²) in [6, 6.07) is 8.93. The lowest BCUT2D eigenvalue weighted by Gasteiger charge is -2.29. The van der Waals surface area contributed by atoms with Crippen LogP contribution < -0.4 is 10.6 Å². The fourth-order valence-corrected chi connectivity index (χ4v) is 3.57. The van der Waals surface area contributed by atoms with E-state index in [9.17, 15) is 4.79 Å². The summed E-state index contributed by atoms with van der Waals surface area (Å²) in [5.74, 6) is 1.66. The molecule has 1 aromatic carbocycles. The van der Waals surface area contributed by atoms with Gasteiger partial charge in [-0.3, -0.25) is 9.79 Å². The molecule has 1 aliphatic carbocycles. The Balaban J connectivity index is 1.54. The lowest BCUT2D eigenvalue weighted by molar-refractivity contribution is -0.129. The molecule has 3 rings (SSSR count). The highest BCUT2D eigenvalue weighted by Gasteiger charge is 2.27. The zero-order valence-corrected chi connectivity index (χ0v) is 14.7. The van der Waals surface area contributed by atoms with Crippen LogP contribution in [0.1, 0.15) is 43.7 Å². The molecule has 2 atom stereocenters. The number of nitrogens with one attached hydrogen (secondary N) is 2. The number of carbonyl (C=O) groups is 1. The van der Waals surface area contributed by atoms with Crippen molar-refractivity contribution < 1.29 is 4.79 Å². The molecular weight excluding hydrogens is 300 g/mol. The number of amides is 1. The SMILES string of the molecule is CCNC(=NCC1Cc2ccccc21)NC1CCN(C(=O)CC)C1. The van der Waals surface area contributed by atoms with Crippen LogP contribution in [0.15, 0.2) is 29.3 Å². The van der Waals surface area contributed by atoms with Gasteiger partial charge in [0.05, 0.1) is 0 Å². The van der Waals surface area contributed by atoms with Gasteiger partial charge in [0.25, 0.3) is 0 Å². The van der Waals surface area contributed by atoms with E-state index >= 15 is 0 Å². The van der Waals surface area contributed by atoms with E-state index in [2.05, 4.69) is 41.8 Å². The normalized spacial score (nSPS) is 22.8. The van der Waals surface area contributed by atoms with Crippen LogP contribution in [-0.2, 0) is 11.2 Å². The highest BCUT2D eigenvalue weighted by molar-refractivity contribution is 5.80. The third-order valence-electron chi connectivity index (χ3n) is 4.96. The highest BCUT2D eigenvalue weighted by atomic mass is 16.2. The van der Waals surface area contributed by atoms with Crippen molar-refractivity contribution in [2.75, 3.05) is 26.2 Å². The van der Waals surface area contributed by atoms with E-state index in [1.165, 1.54) is 11.1 Å². The summed E-state index contributed by atoms with van der Waals surface area (Å²) in [6.45, 7) is 7.29. The standard InChI is InChI=1S/C19H28N4O/c1-3-18(24)23-10-9-16(13-23)22-19(20-4-2)21-12-15-11-14-7-5-6-8-17(14)15/h5-8,15-16H,3-4,9-13H2,1-2H3,(H2,20,21,22). The molecule has 0 spiro atoms. The number of aliphatic imine (C=N–C) groups is 1. The van der Waals surface area contributed by atoms with Gasteiger partial charge in [-0.1, -0.05) is 31.2 Å². The Hall–Kier alpha value is -2.04. The first-order chi connectivity index (χ1) is 11.7. The minimum Gasteiger partial charge on any atom is -0.357 e.